The van der Waals surface area contributed by atoms with Crippen molar-refractivity contribution in [3.05, 3.63) is 63.9 Å². The second kappa shape index (κ2) is 8.90. The monoisotopic (exact) mass is 454 g/mol. The van der Waals surface area contributed by atoms with Crippen molar-refractivity contribution >= 4 is 23.5 Å². The fourth-order valence-electron chi connectivity index (χ4n) is 2.51. The van der Waals surface area contributed by atoms with E-state index in [4.69, 9.17) is 11.6 Å². The first-order valence-electron chi connectivity index (χ1n) is 8.11. The standard InChI is InChI=1S/C18H13ClF6N2O3/c1-30-16(29)11(14-13(19)6-9(7-26-14)17(20,21)22)8-27-15(28)10-4-2-3-5-12(10)18(23,24)25/h2-7,11H,8H2,1H3,(H,27,28). The number of ether oxygens (including phenoxy) is 1. The van der Waals surface area contributed by atoms with Crippen molar-refractivity contribution < 1.29 is 40.7 Å². The quantitative estimate of drug-likeness (QED) is 0.535. The molecule has 0 spiro atoms. The average molecular weight is 455 g/mol. The molecule has 0 aliphatic carbocycles. The number of aromatic nitrogens is 1. The molecule has 5 nitrogen and oxygen atoms in total. The van der Waals surface area contributed by atoms with E-state index in [1.165, 1.54) is 6.07 Å². The summed E-state index contributed by atoms with van der Waals surface area (Å²) < 4.78 is 82.0. The Morgan fingerprint density at radius 2 is 1.77 bits per heavy atom. The number of esters is 1. The number of carbonyl (C=O) groups excluding carboxylic acids is 2. The van der Waals surface area contributed by atoms with E-state index < -0.39 is 58.4 Å². The van der Waals surface area contributed by atoms with Crippen molar-refractivity contribution in [2.24, 2.45) is 0 Å². The number of alkyl halides is 6. The molecule has 2 aromatic rings. The first-order valence-corrected chi connectivity index (χ1v) is 8.49. The lowest BCUT2D eigenvalue weighted by Crippen LogP contribution is -2.34. The molecule has 0 radical (unpaired) electrons. The Morgan fingerprint density at radius 1 is 1.13 bits per heavy atom. The second-order valence-electron chi connectivity index (χ2n) is 5.92. The third kappa shape index (κ3) is 5.41. The van der Waals surface area contributed by atoms with E-state index >= 15 is 0 Å². The number of hydrogen-bond acceptors (Lipinski definition) is 4. The molecule has 0 saturated heterocycles. The zero-order chi connectivity index (χ0) is 22.7. The summed E-state index contributed by atoms with van der Waals surface area (Å²) in [5.41, 5.74) is -3.38. The number of nitrogens with one attached hydrogen (secondary N) is 1. The maximum atomic E-state index is 13.1. The first-order chi connectivity index (χ1) is 13.9. The number of methoxy groups -OCH3 is 1. The van der Waals surface area contributed by atoms with Crippen LogP contribution in [0.1, 0.15) is 33.1 Å². The highest BCUT2D eigenvalue weighted by Gasteiger charge is 2.36. The Morgan fingerprint density at radius 3 is 2.30 bits per heavy atom. The molecular weight excluding hydrogens is 442 g/mol. The van der Waals surface area contributed by atoms with Crippen molar-refractivity contribution in [3.8, 4) is 0 Å². The Bertz CT molecular complexity index is 946. The smallest absolute Gasteiger partial charge is 0.417 e. The van der Waals surface area contributed by atoms with Crippen LogP contribution in [0, 0.1) is 0 Å². The largest absolute Gasteiger partial charge is 0.468 e. The zero-order valence-electron chi connectivity index (χ0n) is 15.1. The molecular formula is C18H13ClF6N2O3. The van der Waals surface area contributed by atoms with Crippen molar-refractivity contribution in [1.29, 1.82) is 0 Å². The maximum absolute atomic E-state index is 13.1. The average Bonchev–Trinajstić information content (AvgIpc) is 2.67. The van der Waals surface area contributed by atoms with Gasteiger partial charge in [0, 0.05) is 12.7 Å². The van der Waals surface area contributed by atoms with E-state index in [1.807, 2.05) is 0 Å². The molecule has 1 unspecified atom stereocenters. The Labute approximate surface area is 171 Å². The van der Waals surface area contributed by atoms with Crippen molar-refractivity contribution in [2.45, 2.75) is 18.3 Å². The summed E-state index contributed by atoms with van der Waals surface area (Å²) in [5, 5.41) is 1.61. The minimum Gasteiger partial charge on any atom is -0.468 e. The van der Waals surface area contributed by atoms with Gasteiger partial charge in [0.25, 0.3) is 5.91 Å². The fraction of sp³-hybridized carbons (Fsp3) is 0.278. The van der Waals surface area contributed by atoms with Gasteiger partial charge in [-0.25, -0.2) is 0 Å². The summed E-state index contributed by atoms with van der Waals surface area (Å²) in [6, 6.07) is 4.51. The predicted molar refractivity (Wildman–Crippen MR) is 92.8 cm³/mol. The summed E-state index contributed by atoms with van der Waals surface area (Å²) in [5.74, 6) is -3.61. The van der Waals surface area contributed by atoms with E-state index in [-0.39, 0.29) is 5.69 Å². The van der Waals surface area contributed by atoms with Gasteiger partial charge in [-0.15, -0.1) is 0 Å². The van der Waals surface area contributed by atoms with Crippen LogP contribution >= 0.6 is 11.6 Å². The number of nitrogens with zero attached hydrogens (tertiary/aromatic N) is 1. The SMILES string of the molecule is COC(=O)C(CNC(=O)c1ccccc1C(F)(F)F)c1ncc(C(F)(F)F)cc1Cl. The third-order valence-electron chi connectivity index (χ3n) is 3.96. The van der Waals surface area contributed by atoms with Gasteiger partial charge in [0.05, 0.1) is 34.5 Å². The van der Waals surface area contributed by atoms with Gasteiger partial charge in [-0.3, -0.25) is 14.6 Å². The van der Waals surface area contributed by atoms with Gasteiger partial charge in [0.2, 0.25) is 0 Å². The van der Waals surface area contributed by atoms with Gasteiger partial charge in [0.1, 0.15) is 5.92 Å². The molecule has 0 fully saturated rings. The van der Waals surface area contributed by atoms with Crippen molar-refractivity contribution in [3.63, 3.8) is 0 Å². The minimum absolute atomic E-state index is 0.332. The van der Waals surface area contributed by atoms with E-state index in [1.54, 1.807) is 0 Å². The molecule has 12 heteroatoms. The highest BCUT2D eigenvalue weighted by Crippen LogP contribution is 2.34. The lowest BCUT2D eigenvalue weighted by Gasteiger charge is -2.18. The minimum atomic E-state index is -4.80. The summed E-state index contributed by atoms with van der Waals surface area (Å²) in [6.07, 6.45) is -9.09. The molecule has 162 valence electrons. The Hall–Kier alpha value is -2.82. The van der Waals surface area contributed by atoms with E-state index in [2.05, 4.69) is 15.0 Å². The van der Waals surface area contributed by atoms with E-state index in [0.29, 0.717) is 18.3 Å². The Balaban J connectivity index is 2.30. The number of benzene rings is 1. The highest BCUT2D eigenvalue weighted by atomic mass is 35.5. The molecule has 0 aliphatic heterocycles. The first kappa shape index (κ1) is 23.5. The molecule has 1 aromatic heterocycles. The molecule has 0 bridgehead atoms. The van der Waals surface area contributed by atoms with Gasteiger partial charge >= 0.3 is 18.3 Å². The maximum Gasteiger partial charge on any atom is 0.417 e. The van der Waals surface area contributed by atoms with Crippen LogP contribution in [0.2, 0.25) is 5.02 Å². The van der Waals surface area contributed by atoms with Crippen LogP contribution in [-0.2, 0) is 21.9 Å². The topological polar surface area (TPSA) is 68.3 Å². The predicted octanol–water partition coefficient (Wildman–Crippen LogP) is 4.46. The molecule has 1 N–H and O–H groups in total. The van der Waals surface area contributed by atoms with Gasteiger partial charge in [0.15, 0.2) is 0 Å². The normalized spacial score (nSPS) is 12.9. The fourth-order valence-corrected chi connectivity index (χ4v) is 2.81. The molecule has 2 rings (SSSR count). The molecule has 1 atom stereocenters. The van der Waals surface area contributed by atoms with Crippen LogP contribution in [0.4, 0.5) is 26.3 Å². The molecule has 1 heterocycles. The van der Waals surface area contributed by atoms with Crippen molar-refractivity contribution in [1.82, 2.24) is 10.3 Å². The second-order valence-corrected chi connectivity index (χ2v) is 6.33. The van der Waals surface area contributed by atoms with Gasteiger partial charge in [-0.1, -0.05) is 23.7 Å². The summed E-state index contributed by atoms with van der Waals surface area (Å²) in [6.45, 7) is -0.615. The molecule has 0 aliphatic rings. The summed E-state index contributed by atoms with van der Waals surface area (Å²) in [7, 11) is 0.980. The number of pyridine rings is 1. The number of amides is 1. The lowest BCUT2D eigenvalue weighted by molar-refractivity contribution is -0.142. The molecule has 30 heavy (non-hydrogen) atoms. The van der Waals surface area contributed by atoms with Crippen LogP contribution in [0.3, 0.4) is 0 Å². The summed E-state index contributed by atoms with van der Waals surface area (Å²) in [4.78, 5) is 27.8. The van der Waals surface area contributed by atoms with Gasteiger partial charge in [-0.2, -0.15) is 26.3 Å². The molecule has 0 saturated carbocycles. The molecule has 1 amide bonds. The van der Waals surface area contributed by atoms with E-state index in [0.717, 1.165) is 19.2 Å². The third-order valence-corrected chi connectivity index (χ3v) is 4.26. The Kier molecular flexibility index (Phi) is 6.96. The molecule has 1 aromatic carbocycles. The van der Waals surface area contributed by atoms with Crippen LogP contribution in [0.15, 0.2) is 36.5 Å². The van der Waals surface area contributed by atoms with Crippen LogP contribution < -0.4 is 5.32 Å². The van der Waals surface area contributed by atoms with Crippen molar-refractivity contribution in [2.75, 3.05) is 13.7 Å². The number of halogens is 7. The lowest BCUT2D eigenvalue weighted by atomic mass is 10.0. The zero-order valence-corrected chi connectivity index (χ0v) is 15.8. The van der Waals surface area contributed by atoms with Crippen LogP contribution in [0.25, 0.3) is 0 Å². The number of rotatable bonds is 5. The van der Waals surface area contributed by atoms with Crippen LogP contribution in [-0.4, -0.2) is 30.5 Å². The summed E-state index contributed by atoms with van der Waals surface area (Å²) >= 11 is 5.82. The number of carbonyl (C=O) groups is 2. The van der Waals surface area contributed by atoms with Crippen LogP contribution in [0.5, 0.6) is 0 Å². The van der Waals surface area contributed by atoms with Gasteiger partial charge < -0.3 is 10.1 Å². The van der Waals surface area contributed by atoms with Gasteiger partial charge in [-0.05, 0) is 18.2 Å². The number of hydrogen-bond donors (Lipinski definition) is 1. The highest BCUT2D eigenvalue weighted by molar-refractivity contribution is 6.31. The van der Waals surface area contributed by atoms with E-state index in [9.17, 15) is 35.9 Å².